The third kappa shape index (κ3) is 2.86. The summed E-state index contributed by atoms with van der Waals surface area (Å²) in [4.78, 5) is 20.4. The Bertz CT molecular complexity index is 682. The summed E-state index contributed by atoms with van der Waals surface area (Å²) in [6.45, 7) is 3.90. The number of fused-ring (bicyclic) bond motifs is 1. The molecule has 2 aromatic rings. The van der Waals surface area contributed by atoms with Crippen molar-refractivity contribution in [1.82, 2.24) is 15.4 Å². The lowest BCUT2D eigenvalue weighted by Gasteiger charge is -2.08. The number of ether oxygens (including phenoxy) is 2. The predicted octanol–water partition coefficient (Wildman–Crippen LogP) is 1.58. The smallest absolute Gasteiger partial charge is 0.269 e. The highest BCUT2D eigenvalue weighted by atomic mass is 16.7. The van der Waals surface area contributed by atoms with Crippen molar-refractivity contribution < 1.29 is 14.3 Å². The third-order valence-electron chi connectivity index (χ3n) is 2.90. The van der Waals surface area contributed by atoms with E-state index >= 15 is 0 Å². The number of nitrogens with one attached hydrogen (secondary N) is 2. The molecule has 3 rings (SSSR count). The number of aryl methyl sites for hydroxylation is 2. The fraction of sp³-hybridized carbons (Fsp3) is 0.214. The topological polar surface area (TPSA) is 85.4 Å². The Morgan fingerprint density at radius 3 is 2.57 bits per heavy atom. The first-order valence-electron chi connectivity index (χ1n) is 6.40. The zero-order chi connectivity index (χ0) is 14.8. The summed E-state index contributed by atoms with van der Waals surface area (Å²) in [6.07, 6.45) is 0. The maximum atomic E-state index is 12.1. The largest absolute Gasteiger partial charge is 0.454 e. The lowest BCUT2D eigenvalue weighted by Crippen LogP contribution is -2.30. The first kappa shape index (κ1) is 13.2. The fourth-order valence-corrected chi connectivity index (χ4v) is 2.00. The van der Waals surface area contributed by atoms with E-state index in [1.807, 2.05) is 19.9 Å². The van der Waals surface area contributed by atoms with Gasteiger partial charge in [-0.25, -0.2) is 9.97 Å². The van der Waals surface area contributed by atoms with Gasteiger partial charge >= 0.3 is 0 Å². The molecule has 0 unspecified atom stereocenters. The number of carbonyl (C=O) groups is 1. The van der Waals surface area contributed by atoms with Crippen LogP contribution in [0, 0.1) is 13.8 Å². The standard InChI is InChI=1S/C14H14N4O3/c1-8-5-9(2)16-14(15-8)18-17-13(19)10-3-4-11-12(6-10)21-7-20-11/h3-6H,7H2,1-2H3,(H,17,19)(H,15,16,18). The Morgan fingerprint density at radius 1 is 1.10 bits per heavy atom. The van der Waals surface area contributed by atoms with Crippen LogP contribution in [0.3, 0.4) is 0 Å². The number of nitrogens with zero attached hydrogens (tertiary/aromatic N) is 2. The van der Waals surface area contributed by atoms with E-state index in [1.54, 1.807) is 18.2 Å². The summed E-state index contributed by atoms with van der Waals surface area (Å²) in [7, 11) is 0. The number of carbonyl (C=O) groups excluding carboxylic acids is 1. The highest BCUT2D eigenvalue weighted by molar-refractivity contribution is 5.95. The number of rotatable bonds is 3. The van der Waals surface area contributed by atoms with Gasteiger partial charge in [0.25, 0.3) is 5.91 Å². The molecule has 21 heavy (non-hydrogen) atoms. The van der Waals surface area contributed by atoms with Gasteiger partial charge in [0, 0.05) is 17.0 Å². The Morgan fingerprint density at radius 2 is 1.81 bits per heavy atom. The zero-order valence-electron chi connectivity index (χ0n) is 11.6. The molecule has 0 bridgehead atoms. The molecule has 0 spiro atoms. The van der Waals surface area contributed by atoms with Crippen LogP contribution in [-0.2, 0) is 0 Å². The van der Waals surface area contributed by atoms with E-state index in [0.717, 1.165) is 11.4 Å². The van der Waals surface area contributed by atoms with Crippen molar-refractivity contribution >= 4 is 11.9 Å². The van der Waals surface area contributed by atoms with Crippen LogP contribution in [0.4, 0.5) is 5.95 Å². The van der Waals surface area contributed by atoms with Crippen molar-refractivity contribution in [3.8, 4) is 11.5 Å². The van der Waals surface area contributed by atoms with Gasteiger partial charge in [0.15, 0.2) is 11.5 Å². The van der Waals surface area contributed by atoms with Crippen molar-refractivity contribution in [2.45, 2.75) is 13.8 Å². The van der Waals surface area contributed by atoms with Gasteiger partial charge in [0.05, 0.1) is 0 Å². The van der Waals surface area contributed by atoms with E-state index in [4.69, 9.17) is 9.47 Å². The molecule has 0 aliphatic carbocycles. The molecule has 1 aliphatic rings. The van der Waals surface area contributed by atoms with Crippen LogP contribution in [0.2, 0.25) is 0 Å². The van der Waals surface area contributed by atoms with Crippen LogP contribution in [0.5, 0.6) is 11.5 Å². The molecule has 1 amide bonds. The van der Waals surface area contributed by atoms with E-state index in [9.17, 15) is 4.79 Å². The number of hydrazine groups is 1. The average molecular weight is 286 g/mol. The van der Waals surface area contributed by atoms with E-state index < -0.39 is 0 Å². The summed E-state index contributed by atoms with van der Waals surface area (Å²) >= 11 is 0. The van der Waals surface area contributed by atoms with Crippen LogP contribution in [-0.4, -0.2) is 22.7 Å². The second-order valence-electron chi connectivity index (χ2n) is 4.62. The Kier molecular flexibility index (Phi) is 3.31. The number of aromatic nitrogens is 2. The highest BCUT2D eigenvalue weighted by Crippen LogP contribution is 2.32. The Hall–Kier alpha value is -2.83. The molecule has 1 aromatic heterocycles. The van der Waals surface area contributed by atoms with E-state index in [1.165, 1.54) is 0 Å². The summed E-state index contributed by atoms with van der Waals surface area (Å²) in [5, 5.41) is 0. The zero-order valence-corrected chi connectivity index (χ0v) is 11.6. The van der Waals surface area contributed by atoms with Gasteiger partial charge in [-0.15, -0.1) is 0 Å². The second kappa shape index (κ2) is 5.28. The Balaban J connectivity index is 1.69. The van der Waals surface area contributed by atoms with Gasteiger partial charge in [0.1, 0.15) is 0 Å². The van der Waals surface area contributed by atoms with Crippen molar-refractivity contribution in [1.29, 1.82) is 0 Å². The molecule has 1 aromatic carbocycles. The monoisotopic (exact) mass is 286 g/mol. The highest BCUT2D eigenvalue weighted by Gasteiger charge is 2.16. The molecule has 0 atom stereocenters. The van der Waals surface area contributed by atoms with Crippen LogP contribution in [0.25, 0.3) is 0 Å². The normalized spacial score (nSPS) is 12.1. The van der Waals surface area contributed by atoms with Gasteiger partial charge in [-0.05, 0) is 38.1 Å². The molecule has 7 heteroatoms. The first-order chi connectivity index (χ1) is 10.1. The van der Waals surface area contributed by atoms with Gasteiger partial charge in [-0.1, -0.05) is 0 Å². The predicted molar refractivity (Wildman–Crippen MR) is 75.2 cm³/mol. The van der Waals surface area contributed by atoms with Crippen molar-refractivity contribution in [2.24, 2.45) is 0 Å². The molecule has 0 saturated carbocycles. The number of benzene rings is 1. The number of anilines is 1. The summed E-state index contributed by atoms with van der Waals surface area (Å²) in [5.74, 6) is 1.24. The molecule has 7 nitrogen and oxygen atoms in total. The molecule has 0 radical (unpaired) electrons. The molecule has 108 valence electrons. The fourth-order valence-electron chi connectivity index (χ4n) is 2.00. The maximum Gasteiger partial charge on any atom is 0.269 e. The third-order valence-corrected chi connectivity index (χ3v) is 2.90. The van der Waals surface area contributed by atoms with E-state index in [0.29, 0.717) is 23.0 Å². The van der Waals surface area contributed by atoms with Crippen molar-refractivity contribution in [3.05, 3.63) is 41.2 Å². The van der Waals surface area contributed by atoms with Crippen LogP contribution >= 0.6 is 0 Å². The minimum absolute atomic E-state index is 0.176. The van der Waals surface area contributed by atoms with Gasteiger partial charge in [-0.2, -0.15) is 0 Å². The molecular weight excluding hydrogens is 272 g/mol. The second-order valence-corrected chi connectivity index (χ2v) is 4.62. The summed E-state index contributed by atoms with van der Waals surface area (Å²) < 4.78 is 10.4. The SMILES string of the molecule is Cc1cc(C)nc(NNC(=O)c2ccc3c(c2)OCO3)n1. The molecule has 1 aliphatic heterocycles. The van der Waals surface area contributed by atoms with E-state index in [2.05, 4.69) is 20.8 Å². The van der Waals surface area contributed by atoms with Crippen LogP contribution in [0.1, 0.15) is 21.7 Å². The average Bonchev–Trinajstić information content (AvgIpc) is 2.91. The lowest BCUT2D eigenvalue weighted by atomic mass is 10.2. The number of hydrogen-bond donors (Lipinski definition) is 2. The molecular formula is C14H14N4O3. The van der Waals surface area contributed by atoms with E-state index in [-0.39, 0.29) is 12.7 Å². The molecule has 0 fully saturated rings. The van der Waals surface area contributed by atoms with Crippen molar-refractivity contribution in [3.63, 3.8) is 0 Å². The minimum atomic E-state index is -0.309. The van der Waals surface area contributed by atoms with Crippen LogP contribution in [0.15, 0.2) is 24.3 Å². The summed E-state index contributed by atoms with van der Waals surface area (Å²) in [6, 6.07) is 6.84. The summed E-state index contributed by atoms with van der Waals surface area (Å²) in [5.41, 5.74) is 7.35. The van der Waals surface area contributed by atoms with Gasteiger partial charge < -0.3 is 9.47 Å². The van der Waals surface area contributed by atoms with Crippen molar-refractivity contribution in [2.75, 3.05) is 12.2 Å². The number of hydrogen-bond acceptors (Lipinski definition) is 6. The first-order valence-corrected chi connectivity index (χ1v) is 6.40. The molecule has 2 N–H and O–H groups in total. The molecule has 2 heterocycles. The lowest BCUT2D eigenvalue weighted by molar-refractivity contribution is 0.0961. The van der Waals surface area contributed by atoms with Crippen LogP contribution < -0.4 is 20.3 Å². The Labute approximate surface area is 121 Å². The molecule has 0 saturated heterocycles. The quantitative estimate of drug-likeness (QED) is 0.833. The maximum absolute atomic E-state index is 12.1. The minimum Gasteiger partial charge on any atom is -0.454 e. The van der Waals surface area contributed by atoms with Gasteiger partial charge in [0.2, 0.25) is 12.7 Å². The van der Waals surface area contributed by atoms with Gasteiger partial charge in [-0.3, -0.25) is 15.6 Å². The number of amides is 1.